The molecule has 6 unspecified atom stereocenters. The minimum Gasteiger partial charge on any atom is -0.462 e. The summed E-state index contributed by atoms with van der Waals surface area (Å²) < 4.78 is 53.8. The molecule has 12 nitrogen and oxygen atoms in total. The number of hydrogen-bond donors (Lipinski definition) is 4. The SMILES string of the molecule is CCC/C=C\CCCCCCCC(=O)OC(COC(=O)CCCCCCCCCCCCCCCC)COC1OC(CS(=O)(=O)O)C(O)C(O)C1O. The van der Waals surface area contributed by atoms with E-state index >= 15 is 0 Å². The average Bonchev–Trinajstić information content (AvgIpc) is 3.10. The normalized spacial score (nSPS) is 21.4. The summed E-state index contributed by atoms with van der Waals surface area (Å²) in [6.07, 6.45) is 19.9. The molecule has 1 aliphatic heterocycles. The van der Waals surface area contributed by atoms with Crippen molar-refractivity contribution in [2.75, 3.05) is 19.0 Å². The third-order valence-electron chi connectivity index (χ3n) is 9.33. The van der Waals surface area contributed by atoms with E-state index in [9.17, 15) is 37.9 Å². The molecular weight excluding hydrogens is 692 g/mol. The van der Waals surface area contributed by atoms with Crippen molar-refractivity contribution in [2.24, 2.45) is 0 Å². The Morgan fingerprint density at radius 3 is 1.67 bits per heavy atom. The molecule has 1 rings (SSSR count). The Morgan fingerprint density at radius 1 is 0.635 bits per heavy atom. The van der Waals surface area contributed by atoms with Gasteiger partial charge in [-0.15, -0.1) is 0 Å². The van der Waals surface area contributed by atoms with Crippen molar-refractivity contribution in [2.45, 2.75) is 205 Å². The number of carbonyl (C=O) groups excluding carboxylic acids is 2. The van der Waals surface area contributed by atoms with E-state index in [4.69, 9.17) is 18.9 Å². The Morgan fingerprint density at radius 2 is 1.13 bits per heavy atom. The highest BCUT2D eigenvalue weighted by Gasteiger charge is 2.46. The average molecular weight is 765 g/mol. The van der Waals surface area contributed by atoms with Crippen molar-refractivity contribution in [3.05, 3.63) is 12.2 Å². The maximum Gasteiger partial charge on any atom is 0.306 e. The predicted octanol–water partition coefficient (Wildman–Crippen LogP) is 7.11. The van der Waals surface area contributed by atoms with Gasteiger partial charge in [0.1, 0.15) is 36.8 Å². The lowest BCUT2D eigenvalue weighted by molar-refractivity contribution is -0.297. The summed E-state index contributed by atoms with van der Waals surface area (Å²) in [5.74, 6) is -1.99. The van der Waals surface area contributed by atoms with E-state index in [1.807, 2.05) is 0 Å². The molecule has 1 heterocycles. The molecule has 0 saturated carbocycles. The van der Waals surface area contributed by atoms with Crippen molar-refractivity contribution in [3.63, 3.8) is 0 Å². The van der Waals surface area contributed by atoms with Gasteiger partial charge in [0, 0.05) is 12.8 Å². The number of carbonyl (C=O) groups is 2. The molecule has 52 heavy (non-hydrogen) atoms. The first-order valence-corrected chi connectivity index (χ1v) is 21.9. The van der Waals surface area contributed by atoms with Gasteiger partial charge in [0.15, 0.2) is 12.4 Å². The summed E-state index contributed by atoms with van der Waals surface area (Å²) in [4.78, 5) is 25.2. The molecule has 6 atom stereocenters. The first kappa shape index (κ1) is 48.4. The van der Waals surface area contributed by atoms with E-state index < -0.39 is 71.2 Å². The van der Waals surface area contributed by atoms with Gasteiger partial charge in [-0.2, -0.15) is 8.42 Å². The number of hydrogen-bond acceptors (Lipinski definition) is 11. The summed E-state index contributed by atoms with van der Waals surface area (Å²) in [6.45, 7) is 3.67. The molecule has 0 aromatic heterocycles. The summed E-state index contributed by atoms with van der Waals surface area (Å²) >= 11 is 0. The second kappa shape index (κ2) is 30.7. The van der Waals surface area contributed by atoms with Crippen LogP contribution in [0.5, 0.6) is 0 Å². The van der Waals surface area contributed by atoms with Gasteiger partial charge in [0.05, 0.1) is 6.61 Å². The number of aliphatic hydroxyl groups is 3. The highest BCUT2D eigenvalue weighted by atomic mass is 32.2. The van der Waals surface area contributed by atoms with Crippen LogP contribution in [-0.2, 0) is 38.7 Å². The van der Waals surface area contributed by atoms with Crippen molar-refractivity contribution < 1.29 is 56.8 Å². The number of aliphatic hydroxyl groups excluding tert-OH is 3. The fourth-order valence-electron chi connectivity index (χ4n) is 6.15. The molecular formula is C39H72O12S. The third kappa shape index (κ3) is 25.4. The standard InChI is InChI=1S/C39H72O12S/c1-3-5-7-9-11-13-15-16-17-18-20-21-23-25-27-34(40)48-29-32(50-35(41)28-26-24-22-19-14-12-10-8-6-4-2)30-49-39-38(44)37(43)36(42)33(51-39)31-52(45,46)47/h8,10,32-33,36-39,42-44H,3-7,9,11-31H2,1-2H3,(H,45,46,47)/b10-8-. The van der Waals surface area contributed by atoms with Gasteiger partial charge >= 0.3 is 11.9 Å². The van der Waals surface area contributed by atoms with Gasteiger partial charge < -0.3 is 34.3 Å². The van der Waals surface area contributed by atoms with Gasteiger partial charge in [-0.1, -0.05) is 135 Å². The monoisotopic (exact) mass is 764 g/mol. The summed E-state index contributed by atoms with van der Waals surface area (Å²) in [6, 6.07) is 0. The lowest BCUT2D eigenvalue weighted by Crippen LogP contribution is -2.60. The maximum atomic E-state index is 12.7. The molecule has 0 radical (unpaired) electrons. The van der Waals surface area contributed by atoms with Crippen LogP contribution < -0.4 is 0 Å². The minimum atomic E-state index is -4.59. The first-order valence-electron chi connectivity index (χ1n) is 20.2. The van der Waals surface area contributed by atoms with E-state index in [0.717, 1.165) is 64.2 Å². The molecule has 0 aliphatic carbocycles. The van der Waals surface area contributed by atoms with E-state index in [1.165, 1.54) is 64.2 Å². The first-order chi connectivity index (χ1) is 25.0. The van der Waals surface area contributed by atoms with Gasteiger partial charge in [0.2, 0.25) is 0 Å². The molecule has 1 fully saturated rings. The molecule has 306 valence electrons. The molecule has 1 saturated heterocycles. The van der Waals surface area contributed by atoms with E-state index in [2.05, 4.69) is 26.0 Å². The Bertz CT molecular complexity index is 1040. The van der Waals surface area contributed by atoms with Gasteiger partial charge in [0.25, 0.3) is 10.1 Å². The van der Waals surface area contributed by atoms with Crippen molar-refractivity contribution in [3.8, 4) is 0 Å². The minimum absolute atomic E-state index is 0.157. The van der Waals surface area contributed by atoms with Crippen LogP contribution in [0.3, 0.4) is 0 Å². The van der Waals surface area contributed by atoms with Crippen LogP contribution in [0.15, 0.2) is 12.2 Å². The molecule has 0 spiro atoms. The summed E-state index contributed by atoms with van der Waals surface area (Å²) in [5, 5.41) is 30.7. The lowest BCUT2D eigenvalue weighted by Gasteiger charge is -2.40. The molecule has 13 heteroatoms. The number of allylic oxidation sites excluding steroid dienone is 2. The van der Waals surface area contributed by atoms with Crippen LogP contribution in [0, 0.1) is 0 Å². The summed E-state index contributed by atoms with van der Waals surface area (Å²) in [5.41, 5.74) is 0. The van der Waals surface area contributed by atoms with Crippen LogP contribution in [0.25, 0.3) is 0 Å². The van der Waals surface area contributed by atoms with Crippen LogP contribution in [0.4, 0.5) is 0 Å². The second-order valence-electron chi connectivity index (χ2n) is 14.3. The van der Waals surface area contributed by atoms with E-state index in [0.29, 0.717) is 12.8 Å². The van der Waals surface area contributed by atoms with Gasteiger partial charge in [-0.05, 0) is 32.1 Å². The third-order valence-corrected chi connectivity index (χ3v) is 10.1. The number of esters is 2. The Hall–Kier alpha value is -1.61. The molecule has 0 aromatic rings. The molecule has 1 aliphatic rings. The second-order valence-corrected chi connectivity index (χ2v) is 15.8. The van der Waals surface area contributed by atoms with Crippen molar-refractivity contribution >= 4 is 22.1 Å². The molecule has 0 amide bonds. The lowest BCUT2D eigenvalue weighted by atomic mass is 10.00. The van der Waals surface area contributed by atoms with Crippen LogP contribution in [0.1, 0.15) is 168 Å². The van der Waals surface area contributed by atoms with Crippen LogP contribution in [-0.4, -0.2) is 96.0 Å². The Kier molecular flexibility index (Phi) is 28.6. The highest BCUT2D eigenvalue weighted by Crippen LogP contribution is 2.24. The largest absolute Gasteiger partial charge is 0.462 e. The van der Waals surface area contributed by atoms with Crippen molar-refractivity contribution in [1.29, 1.82) is 0 Å². The van der Waals surface area contributed by atoms with Crippen LogP contribution >= 0.6 is 0 Å². The van der Waals surface area contributed by atoms with E-state index in [-0.39, 0.29) is 19.4 Å². The fourth-order valence-corrected chi connectivity index (χ4v) is 6.84. The zero-order valence-corrected chi connectivity index (χ0v) is 33.0. The van der Waals surface area contributed by atoms with Gasteiger partial charge in [-0.3, -0.25) is 14.1 Å². The number of rotatable bonds is 33. The van der Waals surface area contributed by atoms with E-state index in [1.54, 1.807) is 0 Å². The number of unbranched alkanes of at least 4 members (excludes halogenated alkanes) is 19. The quantitative estimate of drug-likeness (QED) is 0.0230. The van der Waals surface area contributed by atoms with Gasteiger partial charge in [-0.25, -0.2) is 0 Å². The zero-order chi connectivity index (χ0) is 38.5. The fraction of sp³-hybridized carbons (Fsp3) is 0.897. The molecule has 0 bridgehead atoms. The molecule has 4 N–H and O–H groups in total. The topological polar surface area (TPSA) is 186 Å². The summed E-state index contributed by atoms with van der Waals surface area (Å²) in [7, 11) is -4.59. The Labute approximate surface area is 314 Å². The Balaban J connectivity index is 2.49. The molecule has 0 aromatic carbocycles. The highest BCUT2D eigenvalue weighted by molar-refractivity contribution is 7.85. The van der Waals surface area contributed by atoms with Crippen molar-refractivity contribution in [1.82, 2.24) is 0 Å². The smallest absolute Gasteiger partial charge is 0.306 e. The zero-order valence-electron chi connectivity index (χ0n) is 32.2. The maximum absolute atomic E-state index is 12.7. The number of ether oxygens (including phenoxy) is 4. The van der Waals surface area contributed by atoms with Crippen LogP contribution in [0.2, 0.25) is 0 Å². The predicted molar refractivity (Wildman–Crippen MR) is 201 cm³/mol.